The lowest BCUT2D eigenvalue weighted by Gasteiger charge is -2.07. The number of para-hydroxylation sites is 2. The van der Waals surface area contributed by atoms with Gasteiger partial charge in [0.15, 0.2) is 0 Å². The number of imidazole rings is 1. The van der Waals surface area contributed by atoms with Gasteiger partial charge in [0.05, 0.1) is 11.0 Å². The minimum Gasteiger partial charge on any atom is -0.383 e. The molecule has 0 aliphatic rings. The average molecular weight is 469 g/mol. The number of aromatic nitrogens is 3. The van der Waals surface area contributed by atoms with Crippen LogP contribution in [-0.4, -0.2) is 14.4 Å². The lowest BCUT2D eigenvalue weighted by Crippen LogP contribution is -1.92. The summed E-state index contributed by atoms with van der Waals surface area (Å²) in [6, 6.07) is 33.0. The maximum Gasteiger partial charge on any atom is 0.145 e. The van der Waals surface area contributed by atoms with Gasteiger partial charge in [0.25, 0.3) is 0 Å². The molecule has 4 nitrogen and oxygen atoms in total. The molecule has 3 aromatic heterocycles. The van der Waals surface area contributed by atoms with Crippen LogP contribution in [0.1, 0.15) is 13.8 Å². The van der Waals surface area contributed by atoms with E-state index in [1.165, 1.54) is 27.1 Å². The van der Waals surface area contributed by atoms with Crippen LogP contribution < -0.4 is 5.73 Å². The molecule has 0 atom stereocenters. The van der Waals surface area contributed by atoms with Crippen LogP contribution >= 0.6 is 0 Å². The number of benzene rings is 4. The van der Waals surface area contributed by atoms with E-state index in [0.29, 0.717) is 5.82 Å². The molecule has 176 valence electrons. The first kappa shape index (κ1) is 23.1. The van der Waals surface area contributed by atoms with Crippen molar-refractivity contribution < 1.29 is 0 Å². The molecule has 2 N–H and O–H groups in total. The predicted molar refractivity (Wildman–Crippen MR) is 154 cm³/mol. The number of pyridine rings is 2. The summed E-state index contributed by atoms with van der Waals surface area (Å²) in [6.45, 7) is 4.00. The summed E-state index contributed by atoms with van der Waals surface area (Å²) < 4.78 is 2.15. The number of nitrogens with zero attached hydrogens (tertiary/aromatic N) is 3. The summed E-state index contributed by atoms with van der Waals surface area (Å²) in [6.07, 6.45) is 7.87. The molecule has 0 spiro atoms. The summed E-state index contributed by atoms with van der Waals surface area (Å²) in [5, 5.41) is 7.09. The zero-order valence-corrected chi connectivity index (χ0v) is 20.5. The van der Waals surface area contributed by atoms with E-state index >= 15 is 0 Å². The van der Waals surface area contributed by atoms with Crippen molar-refractivity contribution in [2.24, 2.45) is 0 Å². The Labute approximate surface area is 210 Å². The van der Waals surface area contributed by atoms with Gasteiger partial charge >= 0.3 is 0 Å². The van der Waals surface area contributed by atoms with E-state index < -0.39 is 0 Å². The zero-order valence-electron chi connectivity index (χ0n) is 20.5. The number of rotatable bonds is 0. The van der Waals surface area contributed by atoms with Gasteiger partial charge < -0.3 is 5.73 Å². The van der Waals surface area contributed by atoms with Crippen molar-refractivity contribution in [3.63, 3.8) is 0 Å². The Morgan fingerprint density at radius 3 is 1.83 bits per heavy atom. The highest BCUT2D eigenvalue weighted by Gasteiger charge is 2.07. The van der Waals surface area contributed by atoms with Crippen molar-refractivity contribution in [2.45, 2.75) is 13.8 Å². The number of nitrogen functional groups attached to an aromatic ring is 1. The highest BCUT2D eigenvalue weighted by molar-refractivity contribution is 6.11. The standard InChI is InChI=1S/C15H10N2.C13H10N2.C4H8/c1-2-7-13-11(5-1)12-6-3-4-8-14(12)17-10-9-16-15(13)17;14-13-11-7-2-1-5-9(11)10-6-3-4-8-12(10)15-13;1-3-4-2/h1-10H;1-8H,(H2,14,15);3-4H,1-2H3/b;;4-3-. The fraction of sp³-hybridized carbons (Fsp3) is 0.0625. The van der Waals surface area contributed by atoms with Gasteiger partial charge in [-0.25, -0.2) is 9.97 Å². The van der Waals surface area contributed by atoms with Crippen molar-refractivity contribution in [3.8, 4) is 0 Å². The summed E-state index contributed by atoms with van der Waals surface area (Å²) in [5.41, 5.74) is 9.10. The number of anilines is 1. The first-order valence-electron chi connectivity index (χ1n) is 12.1. The summed E-state index contributed by atoms with van der Waals surface area (Å²) >= 11 is 0. The molecule has 7 rings (SSSR count). The number of fused-ring (bicyclic) bond motifs is 9. The second-order valence-corrected chi connectivity index (χ2v) is 8.41. The van der Waals surface area contributed by atoms with Gasteiger partial charge in [-0.3, -0.25) is 4.40 Å². The molecule has 0 bridgehead atoms. The first-order valence-corrected chi connectivity index (χ1v) is 12.1. The Hall–Kier alpha value is -4.70. The topological polar surface area (TPSA) is 56.2 Å². The quantitative estimate of drug-likeness (QED) is 0.180. The number of allylic oxidation sites excluding steroid dienone is 2. The molecule has 7 aromatic rings. The molecule has 0 unspecified atom stereocenters. The molecule has 0 amide bonds. The van der Waals surface area contributed by atoms with Gasteiger partial charge in [-0.05, 0) is 36.8 Å². The van der Waals surface area contributed by atoms with E-state index in [2.05, 4.69) is 75.0 Å². The Morgan fingerprint density at radius 2 is 1.14 bits per heavy atom. The van der Waals surface area contributed by atoms with Gasteiger partial charge in [-0.15, -0.1) is 0 Å². The summed E-state index contributed by atoms with van der Waals surface area (Å²) in [4.78, 5) is 8.84. The lowest BCUT2D eigenvalue weighted by atomic mass is 10.1. The molecule has 0 aliphatic heterocycles. The predicted octanol–water partition coefficient (Wildman–Crippen LogP) is 8.19. The van der Waals surface area contributed by atoms with E-state index in [1.54, 1.807) is 0 Å². The Balaban J connectivity index is 0.000000130. The zero-order chi connectivity index (χ0) is 24.9. The molecule has 36 heavy (non-hydrogen) atoms. The molecule has 0 fully saturated rings. The van der Waals surface area contributed by atoms with Gasteiger partial charge in [-0.2, -0.15) is 0 Å². The van der Waals surface area contributed by atoms with Crippen molar-refractivity contribution in [2.75, 3.05) is 5.73 Å². The van der Waals surface area contributed by atoms with Gasteiger partial charge in [-0.1, -0.05) is 97.1 Å². The molecule has 4 aromatic carbocycles. The number of hydrogen-bond acceptors (Lipinski definition) is 3. The minimum atomic E-state index is 0.601. The van der Waals surface area contributed by atoms with Crippen LogP contribution in [0.15, 0.2) is 122 Å². The Morgan fingerprint density at radius 1 is 0.611 bits per heavy atom. The number of nitrogens with two attached hydrogens (primary N) is 1. The fourth-order valence-corrected chi connectivity index (χ4v) is 4.45. The van der Waals surface area contributed by atoms with Crippen LogP contribution in [0.2, 0.25) is 0 Å². The Bertz CT molecular complexity index is 1760. The van der Waals surface area contributed by atoms with E-state index in [4.69, 9.17) is 5.73 Å². The maximum atomic E-state index is 5.91. The SMILES string of the molecule is C/C=C\C.Nc1nc2ccccc2c2ccccc12.c1ccc2c(c1)c1ccccc1n1ccnc21. The Kier molecular flexibility index (Phi) is 6.59. The van der Waals surface area contributed by atoms with E-state index in [1.807, 2.05) is 74.8 Å². The molecule has 0 radical (unpaired) electrons. The molecule has 4 heteroatoms. The molecule has 0 saturated carbocycles. The normalized spacial score (nSPS) is 11.1. The van der Waals surface area contributed by atoms with Crippen LogP contribution in [0.25, 0.3) is 49.0 Å². The van der Waals surface area contributed by atoms with Crippen LogP contribution in [-0.2, 0) is 0 Å². The fourth-order valence-electron chi connectivity index (χ4n) is 4.45. The summed E-state index contributed by atoms with van der Waals surface area (Å²) in [7, 11) is 0. The highest BCUT2D eigenvalue weighted by Crippen LogP contribution is 2.28. The van der Waals surface area contributed by atoms with E-state index in [9.17, 15) is 0 Å². The van der Waals surface area contributed by atoms with Gasteiger partial charge in [0, 0.05) is 33.9 Å². The third kappa shape index (κ3) is 4.25. The van der Waals surface area contributed by atoms with Crippen LogP contribution in [0, 0.1) is 0 Å². The van der Waals surface area contributed by atoms with Crippen LogP contribution in [0.3, 0.4) is 0 Å². The third-order valence-electron chi connectivity index (χ3n) is 6.23. The van der Waals surface area contributed by atoms with Gasteiger partial charge in [0.2, 0.25) is 0 Å². The van der Waals surface area contributed by atoms with Crippen molar-refractivity contribution in [1.29, 1.82) is 0 Å². The molecule has 0 aliphatic carbocycles. The summed E-state index contributed by atoms with van der Waals surface area (Å²) in [5.74, 6) is 0.601. The molecule has 0 saturated heterocycles. The monoisotopic (exact) mass is 468 g/mol. The molecule has 3 heterocycles. The van der Waals surface area contributed by atoms with E-state index in [0.717, 1.165) is 21.9 Å². The van der Waals surface area contributed by atoms with Crippen LogP contribution in [0.5, 0.6) is 0 Å². The van der Waals surface area contributed by atoms with Crippen molar-refractivity contribution >= 4 is 54.8 Å². The van der Waals surface area contributed by atoms with Gasteiger partial charge in [0.1, 0.15) is 11.5 Å². The van der Waals surface area contributed by atoms with Crippen molar-refractivity contribution in [3.05, 3.63) is 122 Å². The second kappa shape index (κ2) is 10.3. The third-order valence-corrected chi connectivity index (χ3v) is 6.23. The molecular formula is C32H28N4. The lowest BCUT2D eigenvalue weighted by molar-refractivity contribution is 1.27. The van der Waals surface area contributed by atoms with Crippen molar-refractivity contribution in [1.82, 2.24) is 14.4 Å². The number of hydrogen-bond donors (Lipinski definition) is 1. The maximum absolute atomic E-state index is 5.91. The van der Waals surface area contributed by atoms with Crippen LogP contribution in [0.4, 0.5) is 5.82 Å². The highest BCUT2D eigenvalue weighted by atomic mass is 15.0. The smallest absolute Gasteiger partial charge is 0.145 e. The first-order chi connectivity index (χ1) is 17.7. The average Bonchev–Trinajstić information content (AvgIpc) is 3.45. The minimum absolute atomic E-state index is 0.601. The van der Waals surface area contributed by atoms with E-state index in [-0.39, 0.29) is 0 Å². The largest absolute Gasteiger partial charge is 0.383 e. The molecular weight excluding hydrogens is 440 g/mol. The second-order valence-electron chi connectivity index (χ2n) is 8.41.